The van der Waals surface area contributed by atoms with Crippen LogP contribution in [0, 0.1) is 11.3 Å². The van der Waals surface area contributed by atoms with Crippen LogP contribution in [0.4, 0.5) is 5.69 Å². The minimum Gasteiger partial charge on any atom is -0.360 e. The number of rotatable bonds is 4. The van der Waals surface area contributed by atoms with E-state index >= 15 is 0 Å². The van der Waals surface area contributed by atoms with Crippen LogP contribution in [0.2, 0.25) is 0 Å². The average molecular weight is 379 g/mol. The maximum Gasteiger partial charge on any atom is 0.278 e. The van der Waals surface area contributed by atoms with Crippen molar-refractivity contribution in [3.05, 3.63) is 59.5 Å². The van der Waals surface area contributed by atoms with Crippen LogP contribution in [0.1, 0.15) is 54.6 Å². The molecule has 0 spiro atoms. The SMILES string of the molecule is CC(C)(C)[C@@H]1CCc2onc(C(=O)Nc3cccc(Cn4cncn4)c3)c2C1. The number of carbonyl (C=O) groups excluding carboxylic acids is 1. The Morgan fingerprint density at radius 3 is 2.96 bits per heavy atom. The molecule has 1 N–H and O–H groups in total. The molecule has 1 amide bonds. The van der Waals surface area contributed by atoms with Crippen molar-refractivity contribution in [2.24, 2.45) is 11.3 Å². The van der Waals surface area contributed by atoms with Gasteiger partial charge in [-0.25, -0.2) is 9.67 Å². The highest BCUT2D eigenvalue weighted by atomic mass is 16.5. The standard InChI is InChI=1S/C21H25N5O2/c1-21(2,3)15-7-8-18-17(10-15)19(25-28-18)20(27)24-16-6-4-5-14(9-16)11-26-13-22-12-23-26/h4-6,9,12-13,15H,7-8,10-11H2,1-3H3,(H,24,27)/t15-/m1/s1. The van der Waals surface area contributed by atoms with Crippen LogP contribution in [-0.2, 0) is 19.4 Å². The number of anilines is 1. The molecule has 3 aromatic rings. The van der Waals surface area contributed by atoms with Gasteiger partial charge in [0.15, 0.2) is 5.69 Å². The predicted octanol–water partition coefficient (Wildman–Crippen LogP) is 3.72. The lowest BCUT2D eigenvalue weighted by Crippen LogP contribution is -2.27. The number of carbonyl (C=O) groups is 1. The largest absolute Gasteiger partial charge is 0.360 e. The summed E-state index contributed by atoms with van der Waals surface area (Å²) in [6.07, 6.45) is 5.90. The molecule has 1 aromatic carbocycles. The van der Waals surface area contributed by atoms with Crippen molar-refractivity contribution in [3.63, 3.8) is 0 Å². The van der Waals surface area contributed by atoms with Crippen LogP contribution in [0.25, 0.3) is 0 Å². The number of hydrogen-bond acceptors (Lipinski definition) is 5. The number of nitrogens with zero attached hydrogens (tertiary/aromatic N) is 4. The molecule has 7 heteroatoms. The van der Waals surface area contributed by atoms with Crippen molar-refractivity contribution in [2.45, 2.75) is 46.6 Å². The van der Waals surface area contributed by atoms with Gasteiger partial charge in [0.1, 0.15) is 18.4 Å². The Balaban J connectivity index is 1.50. The van der Waals surface area contributed by atoms with Gasteiger partial charge in [-0.1, -0.05) is 38.1 Å². The molecule has 0 bridgehead atoms. The van der Waals surface area contributed by atoms with Gasteiger partial charge in [-0.15, -0.1) is 0 Å². The molecule has 7 nitrogen and oxygen atoms in total. The smallest absolute Gasteiger partial charge is 0.278 e. The number of hydrogen-bond donors (Lipinski definition) is 1. The Kier molecular flexibility index (Phi) is 4.75. The Morgan fingerprint density at radius 2 is 2.21 bits per heavy atom. The maximum absolute atomic E-state index is 12.9. The van der Waals surface area contributed by atoms with Gasteiger partial charge in [0, 0.05) is 17.7 Å². The molecule has 0 saturated heterocycles. The second-order valence-electron chi connectivity index (χ2n) is 8.49. The van der Waals surface area contributed by atoms with E-state index in [2.05, 4.69) is 41.3 Å². The number of aromatic nitrogens is 4. The van der Waals surface area contributed by atoms with E-state index in [9.17, 15) is 4.79 Å². The number of benzene rings is 1. The van der Waals surface area contributed by atoms with Crippen LogP contribution in [0.5, 0.6) is 0 Å². The van der Waals surface area contributed by atoms with Gasteiger partial charge < -0.3 is 9.84 Å². The Hall–Kier alpha value is -2.96. The Bertz CT molecular complexity index is 969. The third kappa shape index (κ3) is 3.83. The van der Waals surface area contributed by atoms with Crippen LogP contribution >= 0.6 is 0 Å². The summed E-state index contributed by atoms with van der Waals surface area (Å²) in [4.78, 5) is 16.8. The van der Waals surface area contributed by atoms with Gasteiger partial charge in [-0.3, -0.25) is 4.79 Å². The summed E-state index contributed by atoms with van der Waals surface area (Å²) in [6.45, 7) is 7.33. The van der Waals surface area contributed by atoms with Gasteiger partial charge in [-0.2, -0.15) is 5.10 Å². The molecule has 0 fully saturated rings. The van der Waals surface area contributed by atoms with Crippen molar-refractivity contribution in [1.29, 1.82) is 0 Å². The number of fused-ring (bicyclic) bond motifs is 1. The van der Waals surface area contributed by atoms with E-state index in [-0.39, 0.29) is 11.3 Å². The summed E-state index contributed by atoms with van der Waals surface area (Å²) < 4.78 is 7.21. The van der Waals surface area contributed by atoms with E-state index in [4.69, 9.17) is 4.52 Å². The van der Waals surface area contributed by atoms with E-state index in [1.165, 1.54) is 6.33 Å². The molecule has 4 rings (SSSR count). The lowest BCUT2D eigenvalue weighted by Gasteiger charge is -2.33. The van der Waals surface area contributed by atoms with Gasteiger partial charge in [0.25, 0.3) is 5.91 Å². The van der Waals surface area contributed by atoms with E-state index in [0.29, 0.717) is 18.2 Å². The van der Waals surface area contributed by atoms with Crippen LogP contribution in [-0.4, -0.2) is 25.8 Å². The van der Waals surface area contributed by atoms with Crippen LogP contribution in [0.15, 0.2) is 41.4 Å². The highest BCUT2D eigenvalue weighted by Gasteiger charge is 2.34. The molecule has 0 saturated carbocycles. The predicted molar refractivity (Wildman–Crippen MR) is 105 cm³/mol. The van der Waals surface area contributed by atoms with Crippen LogP contribution in [0.3, 0.4) is 0 Å². The lowest BCUT2D eigenvalue weighted by atomic mass is 9.71. The molecule has 0 aliphatic heterocycles. The maximum atomic E-state index is 12.9. The molecule has 1 aliphatic carbocycles. The topological polar surface area (TPSA) is 85.8 Å². The third-order valence-electron chi connectivity index (χ3n) is 5.48. The minimum atomic E-state index is -0.225. The van der Waals surface area contributed by atoms with E-state index in [1.807, 2.05) is 24.3 Å². The fraction of sp³-hybridized carbons (Fsp3) is 0.429. The second-order valence-corrected chi connectivity index (χ2v) is 8.49. The number of aryl methyl sites for hydroxylation is 1. The molecule has 2 aromatic heterocycles. The molecule has 2 heterocycles. The van der Waals surface area contributed by atoms with E-state index < -0.39 is 0 Å². The molecular weight excluding hydrogens is 354 g/mol. The summed E-state index contributed by atoms with van der Waals surface area (Å²) >= 11 is 0. The Morgan fingerprint density at radius 1 is 1.36 bits per heavy atom. The van der Waals surface area contributed by atoms with Gasteiger partial charge in [-0.05, 0) is 41.9 Å². The highest BCUT2D eigenvalue weighted by molar-refractivity contribution is 6.04. The zero-order valence-corrected chi connectivity index (χ0v) is 16.5. The van der Waals surface area contributed by atoms with Crippen molar-refractivity contribution in [1.82, 2.24) is 19.9 Å². The fourth-order valence-electron chi connectivity index (χ4n) is 3.76. The van der Waals surface area contributed by atoms with Crippen molar-refractivity contribution in [3.8, 4) is 0 Å². The zero-order chi connectivity index (χ0) is 19.7. The molecular formula is C21H25N5O2. The molecule has 0 unspecified atom stereocenters. The molecule has 0 radical (unpaired) electrons. The minimum absolute atomic E-state index is 0.193. The quantitative estimate of drug-likeness (QED) is 0.747. The number of amides is 1. The first-order valence-corrected chi connectivity index (χ1v) is 9.60. The van der Waals surface area contributed by atoms with Crippen molar-refractivity contribution >= 4 is 11.6 Å². The summed E-state index contributed by atoms with van der Waals surface area (Å²) in [5.41, 5.74) is 3.31. The van der Waals surface area contributed by atoms with Crippen LogP contribution < -0.4 is 5.32 Å². The number of nitrogens with one attached hydrogen (secondary N) is 1. The van der Waals surface area contributed by atoms with Gasteiger partial charge in [0.05, 0.1) is 6.54 Å². The van der Waals surface area contributed by atoms with Gasteiger partial charge >= 0.3 is 0 Å². The summed E-state index contributed by atoms with van der Waals surface area (Å²) in [5.74, 6) is 1.14. The summed E-state index contributed by atoms with van der Waals surface area (Å²) in [5, 5.41) is 11.2. The fourth-order valence-corrected chi connectivity index (χ4v) is 3.76. The van der Waals surface area contributed by atoms with Crippen molar-refractivity contribution in [2.75, 3.05) is 5.32 Å². The average Bonchev–Trinajstić information content (AvgIpc) is 3.30. The first-order valence-electron chi connectivity index (χ1n) is 9.60. The summed E-state index contributed by atoms with van der Waals surface area (Å²) in [6, 6.07) is 7.70. The summed E-state index contributed by atoms with van der Waals surface area (Å²) in [7, 11) is 0. The van der Waals surface area contributed by atoms with Crippen molar-refractivity contribution < 1.29 is 9.32 Å². The lowest BCUT2D eigenvalue weighted by molar-refractivity contribution is 0.101. The molecule has 1 atom stereocenters. The zero-order valence-electron chi connectivity index (χ0n) is 16.5. The third-order valence-corrected chi connectivity index (χ3v) is 5.48. The monoisotopic (exact) mass is 379 g/mol. The second kappa shape index (κ2) is 7.22. The van der Waals surface area contributed by atoms with E-state index in [1.54, 1.807) is 11.0 Å². The molecule has 28 heavy (non-hydrogen) atoms. The normalized spacial score (nSPS) is 16.6. The first kappa shape index (κ1) is 18.4. The Labute approximate surface area is 164 Å². The molecule has 146 valence electrons. The highest BCUT2D eigenvalue weighted by Crippen LogP contribution is 2.38. The van der Waals surface area contributed by atoms with Gasteiger partial charge in [0.2, 0.25) is 0 Å². The first-order chi connectivity index (χ1) is 13.4. The molecule has 1 aliphatic rings. The van der Waals surface area contributed by atoms with E-state index in [0.717, 1.165) is 41.8 Å².